The maximum Gasteiger partial charge on any atom is 0.0937 e. The molecule has 5 heteroatoms. The summed E-state index contributed by atoms with van der Waals surface area (Å²) in [6.45, 7) is 6.79. The second-order valence-electron chi connectivity index (χ2n) is 4.33. The summed E-state index contributed by atoms with van der Waals surface area (Å²) in [4.78, 5) is 4.23. The van der Waals surface area contributed by atoms with Crippen LogP contribution >= 0.6 is 11.3 Å². The van der Waals surface area contributed by atoms with Crippen molar-refractivity contribution in [3.63, 3.8) is 0 Å². The average molecular weight is 241 g/mol. The number of rotatable bonds is 7. The molecule has 0 unspecified atom stereocenters. The molecule has 0 aliphatic carbocycles. The van der Waals surface area contributed by atoms with Crippen LogP contribution < -0.4 is 10.6 Å². The van der Waals surface area contributed by atoms with Gasteiger partial charge in [-0.1, -0.05) is 0 Å². The summed E-state index contributed by atoms with van der Waals surface area (Å²) < 4.78 is 5.76. The second-order valence-corrected chi connectivity index (χ2v) is 5.31. The van der Waals surface area contributed by atoms with Gasteiger partial charge in [0, 0.05) is 44.2 Å². The molecule has 1 aliphatic heterocycles. The minimum Gasteiger partial charge on any atom is -0.371 e. The number of aromatic nitrogens is 1. The molecule has 16 heavy (non-hydrogen) atoms. The summed E-state index contributed by atoms with van der Waals surface area (Å²) >= 11 is 1.71. The number of hydrogen-bond acceptors (Lipinski definition) is 5. The van der Waals surface area contributed by atoms with Crippen molar-refractivity contribution in [1.82, 2.24) is 15.6 Å². The molecule has 90 valence electrons. The first kappa shape index (κ1) is 12.0. The van der Waals surface area contributed by atoms with Gasteiger partial charge in [0.05, 0.1) is 17.2 Å². The van der Waals surface area contributed by atoms with E-state index in [9.17, 15) is 0 Å². The number of nitrogens with zero attached hydrogens (tertiary/aromatic N) is 1. The highest BCUT2D eigenvalue weighted by Gasteiger charge is 2.31. The highest BCUT2D eigenvalue weighted by molar-refractivity contribution is 7.09. The molecule has 2 rings (SSSR count). The van der Waals surface area contributed by atoms with Crippen molar-refractivity contribution < 1.29 is 4.74 Å². The Balaban J connectivity index is 1.46. The van der Waals surface area contributed by atoms with E-state index in [0.29, 0.717) is 0 Å². The molecule has 1 aliphatic rings. The number of nitrogens with one attached hydrogen (secondary N) is 2. The summed E-state index contributed by atoms with van der Waals surface area (Å²) in [5.41, 5.74) is 0.0803. The summed E-state index contributed by atoms with van der Waals surface area (Å²) in [6, 6.07) is 0. The molecule has 0 atom stereocenters. The molecule has 2 N–H and O–H groups in total. The lowest BCUT2D eigenvalue weighted by Crippen LogP contribution is -2.59. The molecule has 0 bridgehead atoms. The molecule has 0 aromatic carbocycles. The Kier molecular flexibility index (Phi) is 4.29. The third-order valence-electron chi connectivity index (χ3n) is 2.73. The van der Waals surface area contributed by atoms with Gasteiger partial charge in [0.1, 0.15) is 0 Å². The second kappa shape index (κ2) is 5.72. The maximum atomic E-state index is 5.76. The summed E-state index contributed by atoms with van der Waals surface area (Å²) in [7, 11) is 0. The van der Waals surface area contributed by atoms with Crippen LogP contribution in [0.2, 0.25) is 0 Å². The van der Waals surface area contributed by atoms with E-state index in [2.05, 4.69) is 22.5 Å². The van der Waals surface area contributed by atoms with E-state index < -0.39 is 0 Å². The molecule has 1 aromatic rings. The fraction of sp³-hybridized carbons (Fsp3) is 0.727. The SMILES string of the molecule is CC1(OCCNCCc2nccs2)CNC1. The third-order valence-corrected chi connectivity index (χ3v) is 3.57. The van der Waals surface area contributed by atoms with Crippen LogP contribution in [0.25, 0.3) is 0 Å². The zero-order chi connectivity index (χ0) is 11.3. The Morgan fingerprint density at radius 3 is 3.06 bits per heavy atom. The first-order chi connectivity index (χ1) is 7.79. The van der Waals surface area contributed by atoms with Crippen LogP contribution in [0.4, 0.5) is 0 Å². The highest BCUT2D eigenvalue weighted by Crippen LogP contribution is 2.14. The molecule has 0 amide bonds. The third kappa shape index (κ3) is 3.52. The molecule has 1 aromatic heterocycles. The van der Waals surface area contributed by atoms with E-state index in [1.165, 1.54) is 5.01 Å². The van der Waals surface area contributed by atoms with Crippen LogP contribution in [-0.2, 0) is 11.2 Å². The Morgan fingerprint density at radius 2 is 2.44 bits per heavy atom. The highest BCUT2D eigenvalue weighted by atomic mass is 32.1. The summed E-state index contributed by atoms with van der Waals surface area (Å²) in [6.07, 6.45) is 2.87. The van der Waals surface area contributed by atoms with Gasteiger partial charge in [0.2, 0.25) is 0 Å². The van der Waals surface area contributed by atoms with Crippen molar-refractivity contribution in [2.75, 3.05) is 32.8 Å². The van der Waals surface area contributed by atoms with Crippen molar-refractivity contribution in [3.8, 4) is 0 Å². The van der Waals surface area contributed by atoms with Crippen molar-refractivity contribution in [1.29, 1.82) is 0 Å². The number of thiazole rings is 1. The predicted octanol–water partition coefficient (Wildman–Crippen LogP) is 0.654. The Hall–Kier alpha value is -0.490. The lowest BCUT2D eigenvalue weighted by molar-refractivity contribution is -0.0647. The smallest absolute Gasteiger partial charge is 0.0937 e. The van der Waals surface area contributed by atoms with Gasteiger partial charge >= 0.3 is 0 Å². The van der Waals surface area contributed by atoms with Crippen LogP contribution in [0.1, 0.15) is 11.9 Å². The fourth-order valence-corrected chi connectivity index (χ4v) is 2.27. The molecule has 1 fully saturated rings. The van der Waals surface area contributed by atoms with Gasteiger partial charge in [-0.3, -0.25) is 0 Å². The van der Waals surface area contributed by atoms with Gasteiger partial charge < -0.3 is 15.4 Å². The number of hydrogen-bond donors (Lipinski definition) is 2. The van der Waals surface area contributed by atoms with Crippen LogP contribution in [-0.4, -0.2) is 43.4 Å². The Labute approximate surface area is 100 Å². The van der Waals surface area contributed by atoms with E-state index in [0.717, 1.165) is 39.2 Å². The topological polar surface area (TPSA) is 46.2 Å². The largest absolute Gasteiger partial charge is 0.371 e. The minimum atomic E-state index is 0.0803. The van der Waals surface area contributed by atoms with Crippen LogP contribution in [0.15, 0.2) is 11.6 Å². The molecule has 0 radical (unpaired) electrons. The predicted molar refractivity (Wildman–Crippen MR) is 65.9 cm³/mol. The molecule has 1 saturated heterocycles. The van der Waals surface area contributed by atoms with Gasteiger partial charge in [0.15, 0.2) is 0 Å². The van der Waals surface area contributed by atoms with E-state index >= 15 is 0 Å². The quantitative estimate of drug-likeness (QED) is 0.688. The fourth-order valence-electron chi connectivity index (χ4n) is 1.65. The summed E-state index contributed by atoms with van der Waals surface area (Å²) in [5.74, 6) is 0. The normalized spacial score (nSPS) is 18.3. The maximum absolute atomic E-state index is 5.76. The van der Waals surface area contributed by atoms with Gasteiger partial charge in [0.25, 0.3) is 0 Å². The van der Waals surface area contributed by atoms with Gasteiger partial charge in [-0.25, -0.2) is 4.98 Å². The van der Waals surface area contributed by atoms with Crippen molar-refractivity contribution in [2.45, 2.75) is 18.9 Å². The lowest BCUT2D eigenvalue weighted by atomic mass is 10.0. The molecule has 0 saturated carbocycles. The molecule has 4 nitrogen and oxygen atoms in total. The molecular weight excluding hydrogens is 222 g/mol. The van der Waals surface area contributed by atoms with Crippen molar-refractivity contribution in [3.05, 3.63) is 16.6 Å². The molecule has 2 heterocycles. The van der Waals surface area contributed by atoms with E-state index in [1.54, 1.807) is 11.3 Å². The number of ether oxygens (including phenoxy) is 1. The van der Waals surface area contributed by atoms with Crippen LogP contribution in [0, 0.1) is 0 Å². The molecule has 0 spiro atoms. The van der Waals surface area contributed by atoms with E-state index in [4.69, 9.17) is 4.74 Å². The summed E-state index contributed by atoms with van der Waals surface area (Å²) in [5, 5.41) is 9.80. The van der Waals surface area contributed by atoms with Gasteiger partial charge in [-0.2, -0.15) is 0 Å². The Bertz CT molecular complexity index is 298. The standard InChI is InChI=1S/C11H19N3OS/c1-11(8-13-9-11)15-6-4-12-3-2-10-14-5-7-16-10/h5,7,12-13H,2-4,6,8-9H2,1H3. The Morgan fingerprint density at radius 1 is 1.56 bits per heavy atom. The van der Waals surface area contributed by atoms with Crippen molar-refractivity contribution in [2.24, 2.45) is 0 Å². The van der Waals surface area contributed by atoms with Gasteiger partial charge in [-0.15, -0.1) is 11.3 Å². The van der Waals surface area contributed by atoms with E-state index in [1.807, 2.05) is 11.6 Å². The van der Waals surface area contributed by atoms with Crippen LogP contribution in [0.5, 0.6) is 0 Å². The van der Waals surface area contributed by atoms with E-state index in [-0.39, 0.29) is 5.60 Å². The monoisotopic (exact) mass is 241 g/mol. The minimum absolute atomic E-state index is 0.0803. The van der Waals surface area contributed by atoms with Gasteiger partial charge in [-0.05, 0) is 6.92 Å². The van der Waals surface area contributed by atoms with Crippen molar-refractivity contribution >= 4 is 11.3 Å². The zero-order valence-electron chi connectivity index (χ0n) is 9.66. The zero-order valence-corrected chi connectivity index (χ0v) is 10.5. The molecular formula is C11H19N3OS. The first-order valence-electron chi connectivity index (χ1n) is 5.72. The lowest BCUT2D eigenvalue weighted by Gasteiger charge is -2.39. The first-order valence-corrected chi connectivity index (χ1v) is 6.60. The van der Waals surface area contributed by atoms with Crippen LogP contribution in [0.3, 0.4) is 0 Å². The average Bonchev–Trinajstić information content (AvgIpc) is 2.73.